The van der Waals surface area contributed by atoms with Gasteiger partial charge in [0.05, 0.1) is 17.3 Å². The average Bonchev–Trinajstić information content (AvgIpc) is 2.53. The van der Waals surface area contributed by atoms with Gasteiger partial charge in [-0.3, -0.25) is 0 Å². The lowest BCUT2D eigenvalue weighted by molar-refractivity contribution is 0.0697. The summed E-state index contributed by atoms with van der Waals surface area (Å²) in [5, 5.41) is 25.0. The average molecular weight is 179 g/mol. The van der Waals surface area contributed by atoms with Crippen LogP contribution < -0.4 is 0 Å². The van der Waals surface area contributed by atoms with Crippen molar-refractivity contribution in [2.75, 3.05) is 0 Å². The van der Waals surface area contributed by atoms with Gasteiger partial charge in [0.25, 0.3) is 0 Å². The van der Waals surface area contributed by atoms with Gasteiger partial charge in [-0.25, -0.2) is 4.79 Å². The van der Waals surface area contributed by atoms with Crippen LogP contribution >= 0.6 is 0 Å². The highest BCUT2D eigenvalue weighted by molar-refractivity contribution is 5.94. The van der Waals surface area contributed by atoms with Crippen molar-refractivity contribution in [3.05, 3.63) is 24.0 Å². The summed E-state index contributed by atoms with van der Waals surface area (Å²) in [4.78, 5) is 10.7. The molecule has 0 saturated carbocycles. The molecule has 2 heterocycles. The number of aromatic nitrogens is 3. The Morgan fingerprint density at radius 1 is 1.54 bits per heavy atom. The van der Waals surface area contributed by atoms with Gasteiger partial charge in [0.1, 0.15) is 0 Å². The first-order valence-corrected chi connectivity index (χ1v) is 3.45. The molecule has 13 heavy (non-hydrogen) atoms. The van der Waals surface area contributed by atoms with Crippen LogP contribution in [0.4, 0.5) is 0 Å². The van der Waals surface area contributed by atoms with Crippen LogP contribution in [-0.4, -0.2) is 31.2 Å². The zero-order valence-corrected chi connectivity index (χ0v) is 6.38. The summed E-state index contributed by atoms with van der Waals surface area (Å²) >= 11 is 0. The Kier molecular flexibility index (Phi) is 1.42. The zero-order chi connectivity index (χ0) is 9.42. The first-order chi connectivity index (χ1) is 6.20. The van der Waals surface area contributed by atoms with E-state index in [-0.39, 0.29) is 11.4 Å². The van der Waals surface area contributed by atoms with Crippen LogP contribution in [0.2, 0.25) is 0 Å². The van der Waals surface area contributed by atoms with Gasteiger partial charge in [-0.1, -0.05) is 0 Å². The Hall–Kier alpha value is -2.11. The highest BCUT2D eigenvalue weighted by Gasteiger charge is 2.18. The second kappa shape index (κ2) is 2.44. The molecule has 0 radical (unpaired) electrons. The Bertz CT molecular complexity index is 437. The second-order valence-electron chi connectivity index (χ2n) is 2.46. The molecule has 0 saturated heterocycles. The predicted molar refractivity (Wildman–Crippen MR) is 40.8 cm³/mol. The van der Waals surface area contributed by atoms with E-state index in [0.29, 0.717) is 5.56 Å². The quantitative estimate of drug-likeness (QED) is 0.615. The van der Waals surface area contributed by atoms with Crippen LogP contribution in [0.3, 0.4) is 0 Å². The van der Waals surface area contributed by atoms with Crippen LogP contribution in [0.15, 0.2) is 18.5 Å². The Morgan fingerprint density at radius 2 is 2.31 bits per heavy atom. The molecule has 6 heteroatoms. The number of rotatable bonds is 1. The fourth-order valence-electron chi connectivity index (χ4n) is 1.10. The van der Waals surface area contributed by atoms with Crippen LogP contribution in [0.5, 0.6) is 0 Å². The van der Waals surface area contributed by atoms with Gasteiger partial charge in [0.2, 0.25) is 0 Å². The summed E-state index contributed by atoms with van der Waals surface area (Å²) in [6, 6.07) is 1.29. The molecule has 66 valence electrons. The molecule has 6 nitrogen and oxygen atoms in total. The summed E-state index contributed by atoms with van der Waals surface area (Å²) in [5.41, 5.74) is 0.391. The largest absolute Gasteiger partial charge is 0.478 e. The van der Waals surface area contributed by atoms with Crippen LogP contribution in [0.25, 0.3) is 11.4 Å². The maximum Gasteiger partial charge on any atom is 0.336 e. The second-order valence-corrected chi connectivity index (χ2v) is 2.46. The molecule has 0 unspecified atom stereocenters. The fourth-order valence-corrected chi connectivity index (χ4v) is 1.10. The molecule has 0 amide bonds. The number of nitrogens with zero attached hydrogens (tertiary/aromatic N) is 3. The van der Waals surface area contributed by atoms with E-state index in [1.807, 2.05) is 0 Å². The minimum atomic E-state index is -1.07. The predicted octanol–water partition coefficient (Wildman–Crippen LogP) is 0.318. The normalized spacial score (nSPS) is 10.5. The lowest BCUT2D eigenvalue weighted by atomic mass is 10.1. The summed E-state index contributed by atoms with van der Waals surface area (Å²) < 4.78 is 0.731. The van der Waals surface area contributed by atoms with Gasteiger partial charge >= 0.3 is 5.97 Å². The third kappa shape index (κ3) is 0.994. The van der Waals surface area contributed by atoms with E-state index < -0.39 is 5.97 Å². The van der Waals surface area contributed by atoms with E-state index in [9.17, 15) is 10.0 Å². The van der Waals surface area contributed by atoms with Gasteiger partial charge in [0, 0.05) is 6.20 Å². The third-order valence-corrected chi connectivity index (χ3v) is 1.70. The van der Waals surface area contributed by atoms with Gasteiger partial charge in [-0.15, -0.1) is 5.10 Å². The van der Waals surface area contributed by atoms with Gasteiger partial charge < -0.3 is 10.3 Å². The number of carboxylic acids is 1. The molecule has 2 rings (SSSR count). The first kappa shape index (κ1) is 7.53. The smallest absolute Gasteiger partial charge is 0.336 e. The third-order valence-electron chi connectivity index (χ3n) is 1.70. The number of fused-ring (bicyclic) bond motifs is 1. The molecular formula is C7H5N3O3. The van der Waals surface area contributed by atoms with Crippen molar-refractivity contribution in [2.45, 2.75) is 0 Å². The van der Waals surface area contributed by atoms with E-state index in [0.717, 1.165) is 4.73 Å². The minimum Gasteiger partial charge on any atom is -0.478 e. The summed E-state index contributed by atoms with van der Waals surface area (Å²) in [6.07, 6.45) is 2.51. The molecule has 0 spiro atoms. The molecule has 0 atom stereocenters. The Labute approximate surface area is 72.4 Å². The molecule has 0 aliphatic carbocycles. The van der Waals surface area contributed by atoms with Gasteiger partial charge in [0.15, 0.2) is 5.82 Å². The molecule has 0 fully saturated rings. The van der Waals surface area contributed by atoms with Crippen molar-refractivity contribution in [1.82, 2.24) is 14.9 Å². The van der Waals surface area contributed by atoms with E-state index in [1.165, 1.54) is 18.5 Å². The maximum atomic E-state index is 10.7. The van der Waals surface area contributed by atoms with Crippen molar-refractivity contribution in [3.8, 4) is 11.4 Å². The lowest BCUT2D eigenvalue weighted by Gasteiger charge is -2.04. The van der Waals surface area contributed by atoms with Crippen molar-refractivity contribution in [3.63, 3.8) is 0 Å². The minimum absolute atomic E-state index is 0.0744. The van der Waals surface area contributed by atoms with E-state index in [1.54, 1.807) is 0 Å². The number of pyridine rings is 1. The standard InChI is InChI=1S/C7H5N3O3/c11-7(12)4-1-2-10(13)6-5(4)3-8-9-6/h1-3,13H,(H,11,12). The molecule has 2 aliphatic rings. The number of carbonyl (C=O) groups is 1. The summed E-state index contributed by atoms with van der Waals surface area (Å²) in [7, 11) is 0. The van der Waals surface area contributed by atoms with E-state index in [2.05, 4.69) is 10.2 Å². The van der Waals surface area contributed by atoms with Crippen molar-refractivity contribution < 1.29 is 15.1 Å². The van der Waals surface area contributed by atoms with Crippen molar-refractivity contribution >= 4 is 5.97 Å². The molecule has 2 N–H and O–H groups in total. The summed E-state index contributed by atoms with van der Waals surface area (Å²) in [5.74, 6) is -0.930. The highest BCUT2D eigenvalue weighted by atomic mass is 16.5. The number of aromatic carboxylic acids is 1. The Morgan fingerprint density at radius 3 is 3.00 bits per heavy atom. The van der Waals surface area contributed by atoms with Crippen LogP contribution in [0, 0.1) is 0 Å². The number of carboxylic acid groups (broad SMARTS) is 1. The van der Waals surface area contributed by atoms with Gasteiger partial charge in [-0.05, 0) is 6.07 Å². The van der Waals surface area contributed by atoms with Crippen LogP contribution in [0.1, 0.15) is 10.4 Å². The fraction of sp³-hybridized carbons (Fsp3) is 0. The number of hydrogen-bond acceptors (Lipinski definition) is 4. The lowest BCUT2D eigenvalue weighted by Crippen LogP contribution is -2.05. The molecule has 0 bridgehead atoms. The highest BCUT2D eigenvalue weighted by Crippen LogP contribution is 2.21. The maximum absolute atomic E-state index is 10.7. The monoisotopic (exact) mass is 179 g/mol. The Balaban J connectivity index is 2.75. The van der Waals surface area contributed by atoms with E-state index in [4.69, 9.17) is 5.11 Å². The molecule has 0 aromatic carbocycles. The molecular weight excluding hydrogens is 174 g/mol. The van der Waals surface area contributed by atoms with Gasteiger partial charge in [-0.2, -0.15) is 9.83 Å². The van der Waals surface area contributed by atoms with Crippen molar-refractivity contribution in [1.29, 1.82) is 0 Å². The molecule has 2 aliphatic heterocycles. The van der Waals surface area contributed by atoms with E-state index >= 15 is 0 Å². The summed E-state index contributed by atoms with van der Waals surface area (Å²) in [6.45, 7) is 0. The SMILES string of the molecule is O=C(O)c1ccn(O)c2nncc1-2. The molecule has 0 aromatic heterocycles. The zero-order valence-electron chi connectivity index (χ0n) is 6.38. The molecule has 0 aromatic rings. The first-order valence-electron chi connectivity index (χ1n) is 3.45. The van der Waals surface area contributed by atoms with Crippen LogP contribution in [-0.2, 0) is 0 Å². The van der Waals surface area contributed by atoms with Crippen molar-refractivity contribution in [2.24, 2.45) is 0 Å². The topological polar surface area (TPSA) is 88.2 Å². The number of hydrogen-bond donors (Lipinski definition) is 2.